The SMILES string of the molecule is Nc1ccc(F)cc1-c1cc2ccccc2o1. The van der Waals surface area contributed by atoms with Gasteiger partial charge in [0.25, 0.3) is 0 Å². The van der Waals surface area contributed by atoms with E-state index in [-0.39, 0.29) is 5.82 Å². The van der Waals surface area contributed by atoms with Gasteiger partial charge < -0.3 is 10.2 Å². The number of halogens is 1. The number of fused-ring (bicyclic) bond motifs is 1. The minimum Gasteiger partial charge on any atom is -0.456 e. The van der Waals surface area contributed by atoms with E-state index in [1.807, 2.05) is 30.3 Å². The van der Waals surface area contributed by atoms with E-state index in [4.69, 9.17) is 10.2 Å². The molecule has 2 aromatic carbocycles. The lowest BCUT2D eigenvalue weighted by Gasteiger charge is -2.01. The molecule has 0 atom stereocenters. The second-order valence-electron chi connectivity index (χ2n) is 3.88. The largest absolute Gasteiger partial charge is 0.456 e. The van der Waals surface area contributed by atoms with E-state index in [9.17, 15) is 4.39 Å². The highest BCUT2D eigenvalue weighted by Crippen LogP contribution is 2.31. The van der Waals surface area contributed by atoms with Crippen LogP contribution in [0.4, 0.5) is 10.1 Å². The average molecular weight is 227 g/mol. The highest BCUT2D eigenvalue weighted by molar-refractivity contribution is 5.85. The number of nitrogens with two attached hydrogens (primary N) is 1. The van der Waals surface area contributed by atoms with Crippen LogP contribution in [-0.2, 0) is 0 Å². The molecular formula is C14H10FNO. The van der Waals surface area contributed by atoms with Crippen molar-refractivity contribution in [3.8, 4) is 11.3 Å². The number of hydrogen-bond acceptors (Lipinski definition) is 2. The number of hydrogen-bond donors (Lipinski definition) is 1. The third kappa shape index (κ3) is 1.65. The summed E-state index contributed by atoms with van der Waals surface area (Å²) in [4.78, 5) is 0. The molecule has 0 saturated heterocycles. The Morgan fingerprint density at radius 1 is 1.00 bits per heavy atom. The van der Waals surface area contributed by atoms with Crippen LogP contribution in [0.2, 0.25) is 0 Å². The summed E-state index contributed by atoms with van der Waals surface area (Å²) in [5.41, 5.74) is 7.68. The first-order valence-electron chi connectivity index (χ1n) is 5.28. The van der Waals surface area contributed by atoms with Crippen LogP contribution in [0.5, 0.6) is 0 Å². The molecule has 3 aromatic rings. The number of anilines is 1. The van der Waals surface area contributed by atoms with E-state index in [1.54, 1.807) is 0 Å². The summed E-state index contributed by atoms with van der Waals surface area (Å²) in [5.74, 6) is 0.262. The number of para-hydroxylation sites is 1. The van der Waals surface area contributed by atoms with Crippen molar-refractivity contribution in [2.45, 2.75) is 0 Å². The van der Waals surface area contributed by atoms with E-state index in [2.05, 4.69) is 0 Å². The summed E-state index contributed by atoms with van der Waals surface area (Å²) in [6.45, 7) is 0. The van der Waals surface area contributed by atoms with Crippen molar-refractivity contribution in [2.75, 3.05) is 5.73 Å². The first-order valence-corrected chi connectivity index (χ1v) is 5.28. The van der Waals surface area contributed by atoms with Crippen LogP contribution in [0, 0.1) is 5.82 Å². The summed E-state index contributed by atoms with van der Waals surface area (Å²) in [5, 5.41) is 0.978. The van der Waals surface area contributed by atoms with Gasteiger partial charge in [0.2, 0.25) is 0 Å². The lowest BCUT2D eigenvalue weighted by atomic mass is 10.1. The van der Waals surface area contributed by atoms with Gasteiger partial charge in [-0.05, 0) is 30.3 Å². The Kier molecular flexibility index (Phi) is 2.11. The summed E-state index contributed by atoms with van der Waals surface area (Å²) in [6, 6.07) is 13.8. The zero-order valence-electron chi connectivity index (χ0n) is 8.98. The molecule has 17 heavy (non-hydrogen) atoms. The molecule has 3 heteroatoms. The Hall–Kier alpha value is -2.29. The van der Waals surface area contributed by atoms with Crippen LogP contribution >= 0.6 is 0 Å². The maximum absolute atomic E-state index is 13.2. The molecule has 0 unspecified atom stereocenters. The quantitative estimate of drug-likeness (QED) is 0.642. The van der Waals surface area contributed by atoms with Crippen LogP contribution in [0.1, 0.15) is 0 Å². The minimum atomic E-state index is -0.324. The molecule has 0 amide bonds. The molecule has 0 aliphatic heterocycles. The molecule has 3 rings (SSSR count). The number of nitrogen functional groups attached to an aromatic ring is 1. The van der Waals surface area contributed by atoms with Crippen molar-refractivity contribution in [3.63, 3.8) is 0 Å². The third-order valence-electron chi connectivity index (χ3n) is 2.71. The second-order valence-corrected chi connectivity index (χ2v) is 3.88. The van der Waals surface area contributed by atoms with Gasteiger partial charge in [0.05, 0.1) is 0 Å². The normalized spacial score (nSPS) is 10.9. The lowest BCUT2D eigenvalue weighted by molar-refractivity contribution is 0.618. The van der Waals surface area contributed by atoms with Gasteiger partial charge in [-0.1, -0.05) is 18.2 Å². The fourth-order valence-corrected chi connectivity index (χ4v) is 1.86. The molecule has 0 fully saturated rings. The predicted molar refractivity (Wildman–Crippen MR) is 66.0 cm³/mol. The molecule has 0 spiro atoms. The Bertz CT molecular complexity index is 655. The predicted octanol–water partition coefficient (Wildman–Crippen LogP) is 3.82. The maximum atomic E-state index is 13.2. The molecule has 0 bridgehead atoms. The van der Waals surface area contributed by atoms with Crippen LogP contribution in [-0.4, -0.2) is 0 Å². The van der Waals surface area contributed by atoms with Crippen LogP contribution in [0.3, 0.4) is 0 Å². The molecule has 1 heterocycles. The van der Waals surface area contributed by atoms with Gasteiger partial charge in [0.1, 0.15) is 17.2 Å². The molecule has 0 radical (unpaired) electrons. The fraction of sp³-hybridized carbons (Fsp3) is 0. The van der Waals surface area contributed by atoms with Crippen molar-refractivity contribution in [1.29, 1.82) is 0 Å². The van der Waals surface area contributed by atoms with Gasteiger partial charge in [0.15, 0.2) is 0 Å². The van der Waals surface area contributed by atoms with Gasteiger partial charge in [-0.25, -0.2) is 4.39 Å². The molecule has 0 aliphatic carbocycles. The van der Waals surface area contributed by atoms with Crippen molar-refractivity contribution in [2.24, 2.45) is 0 Å². The molecule has 2 N–H and O–H groups in total. The molecular weight excluding hydrogens is 217 g/mol. The van der Waals surface area contributed by atoms with Crippen molar-refractivity contribution < 1.29 is 8.81 Å². The van der Waals surface area contributed by atoms with Gasteiger partial charge in [0, 0.05) is 16.6 Å². The van der Waals surface area contributed by atoms with Crippen LogP contribution in [0.15, 0.2) is 52.9 Å². The van der Waals surface area contributed by atoms with Gasteiger partial charge in [-0.15, -0.1) is 0 Å². The Morgan fingerprint density at radius 2 is 1.82 bits per heavy atom. The minimum absolute atomic E-state index is 0.324. The van der Waals surface area contributed by atoms with E-state index >= 15 is 0 Å². The monoisotopic (exact) mass is 227 g/mol. The lowest BCUT2D eigenvalue weighted by Crippen LogP contribution is -1.89. The van der Waals surface area contributed by atoms with E-state index in [1.165, 1.54) is 18.2 Å². The average Bonchev–Trinajstić information content (AvgIpc) is 2.75. The molecule has 84 valence electrons. The van der Waals surface area contributed by atoms with Crippen molar-refractivity contribution in [1.82, 2.24) is 0 Å². The van der Waals surface area contributed by atoms with E-state index in [0.29, 0.717) is 17.0 Å². The molecule has 1 aromatic heterocycles. The van der Waals surface area contributed by atoms with Crippen LogP contribution < -0.4 is 5.73 Å². The van der Waals surface area contributed by atoms with Crippen LogP contribution in [0.25, 0.3) is 22.3 Å². The Balaban J connectivity index is 2.23. The molecule has 0 aliphatic rings. The maximum Gasteiger partial charge on any atom is 0.137 e. The highest BCUT2D eigenvalue weighted by atomic mass is 19.1. The summed E-state index contributed by atoms with van der Waals surface area (Å²) >= 11 is 0. The van der Waals surface area contributed by atoms with Crippen molar-refractivity contribution in [3.05, 3.63) is 54.3 Å². The van der Waals surface area contributed by atoms with E-state index < -0.39 is 0 Å². The summed E-state index contributed by atoms with van der Waals surface area (Å²) in [7, 11) is 0. The highest BCUT2D eigenvalue weighted by Gasteiger charge is 2.09. The fourth-order valence-electron chi connectivity index (χ4n) is 1.86. The zero-order chi connectivity index (χ0) is 11.8. The third-order valence-corrected chi connectivity index (χ3v) is 2.71. The van der Waals surface area contributed by atoms with Gasteiger partial charge in [-0.3, -0.25) is 0 Å². The zero-order valence-corrected chi connectivity index (χ0v) is 8.98. The standard InChI is InChI=1S/C14H10FNO/c15-10-5-6-12(16)11(8-10)14-7-9-3-1-2-4-13(9)17-14/h1-8H,16H2. The Morgan fingerprint density at radius 3 is 2.65 bits per heavy atom. The molecule has 2 nitrogen and oxygen atoms in total. The molecule has 0 saturated carbocycles. The first-order chi connectivity index (χ1) is 8.24. The number of benzene rings is 2. The van der Waals surface area contributed by atoms with Crippen molar-refractivity contribution >= 4 is 16.7 Å². The first kappa shape index (κ1) is 9.90. The number of rotatable bonds is 1. The van der Waals surface area contributed by atoms with Gasteiger partial charge >= 0.3 is 0 Å². The summed E-state index contributed by atoms with van der Waals surface area (Å²) < 4.78 is 18.8. The van der Waals surface area contributed by atoms with E-state index in [0.717, 1.165) is 11.0 Å². The number of furan rings is 1. The van der Waals surface area contributed by atoms with Gasteiger partial charge in [-0.2, -0.15) is 0 Å². The topological polar surface area (TPSA) is 39.2 Å². The second kappa shape index (κ2) is 3.63. The summed E-state index contributed by atoms with van der Waals surface area (Å²) in [6.07, 6.45) is 0. The Labute approximate surface area is 97.5 Å². The smallest absolute Gasteiger partial charge is 0.137 e.